The van der Waals surface area contributed by atoms with Crippen molar-refractivity contribution in [2.75, 3.05) is 10.6 Å². The highest BCUT2D eigenvalue weighted by atomic mass is 32.1. The van der Waals surface area contributed by atoms with Gasteiger partial charge in [-0.15, -0.1) is 11.3 Å². The van der Waals surface area contributed by atoms with Gasteiger partial charge in [0, 0.05) is 22.7 Å². The minimum Gasteiger partial charge on any atom is -0.330 e. The van der Waals surface area contributed by atoms with Crippen molar-refractivity contribution in [3.63, 3.8) is 0 Å². The van der Waals surface area contributed by atoms with Crippen LogP contribution in [0.15, 0.2) is 72.4 Å². The van der Waals surface area contributed by atoms with E-state index in [1.807, 2.05) is 54.6 Å². The summed E-state index contributed by atoms with van der Waals surface area (Å²) in [5.41, 5.74) is 1.99. The number of carbonyl (C=O) groups excluding carboxylic acids is 1. The molecule has 0 atom stereocenters. The van der Waals surface area contributed by atoms with Crippen LogP contribution in [0.4, 0.5) is 16.5 Å². The summed E-state index contributed by atoms with van der Waals surface area (Å²) in [4.78, 5) is 20.9. The molecule has 0 aliphatic heterocycles. The molecule has 2 aromatic heterocycles. The van der Waals surface area contributed by atoms with E-state index < -0.39 is 0 Å². The van der Waals surface area contributed by atoms with Crippen LogP contribution in [-0.2, 0) is 0 Å². The Hall–Kier alpha value is -3.25. The third kappa shape index (κ3) is 3.34. The van der Waals surface area contributed by atoms with Crippen LogP contribution in [0.1, 0.15) is 10.5 Å². The molecule has 2 heterocycles. The van der Waals surface area contributed by atoms with Gasteiger partial charge in [-0.3, -0.25) is 9.78 Å². The van der Waals surface area contributed by atoms with E-state index in [1.54, 1.807) is 17.8 Å². The molecular weight excluding hydrogens is 332 g/mol. The Balaban J connectivity index is 1.53. The first-order chi connectivity index (χ1) is 12.3. The second-order valence-corrected chi connectivity index (χ2v) is 6.24. The molecule has 0 radical (unpaired) electrons. The molecule has 2 aromatic carbocycles. The topological polar surface area (TPSA) is 66.9 Å². The van der Waals surface area contributed by atoms with Crippen LogP contribution in [0, 0.1) is 0 Å². The number of pyridine rings is 1. The van der Waals surface area contributed by atoms with Crippen molar-refractivity contribution < 1.29 is 4.79 Å². The van der Waals surface area contributed by atoms with Crippen molar-refractivity contribution in [2.45, 2.75) is 0 Å². The number of thiazole rings is 1. The molecule has 0 aliphatic rings. The molecule has 0 spiro atoms. The number of carbonyl (C=O) groups is 1. The molecule has 6 heteroatoms. The lowest BCUT2D eigenvalue weighted by atomic mass is 10.1. The second-order valence-electron chi connectivity index (χ2n) is 5.39. The lowest BCUT2D eigenvalue weighted by molar-refractivity contribution is 0.102. The highest BCUT2D eigenvalue weighted by Crippen LogP contribution is 2.25. The van der Waals surface area contributed by atoms with Crippen molar-refractivity contribution in [2.24, 2.45) is 0 Å². The Kier molecular flexibility index (Phi) is 4.10. The fraction of sp³-hybridized carbons (Fsp3) is 0. The van der Waals surface area contributed by atoms with Crippen LogP contribution < -0.4 is 10.6 Å². The highest BCUT2D eigenvalue weighted by molar-refractivity contribution is 7.14. The summed E-state index contributed by atoms with van der Waals surface area (Å²) in [6.07, 6.45) is 3.41. The average molecular weight is 346 g/mol. The third-order valence-corrected chi connectivity index (χ3v) is 4.45. The molecule has 2 N–H and O–H groups in total. The lowest BCUT2D eigenvalue weighted by Gasteiger charge is -2.07. The van der Waals surface area contributed by atoms with Gasteiger partial charge < -0.3 is 10.6 Å². The Labute approximate surface area is 148 Å². The van der Waals surface area contributed by atoms with E-state index in [0.717, 1.165) is 22.1 Å². The van der Waals surface area contributed by atoms with E-state index in [4.69, 9.17) is 0 Å². The Morgan fingerprint density at radius 1 is 1.00 bits per heavy atom. The van der Waals surface area contributed by atoms with Gasteiger partial charge in [-0.05, 0) is 23.6 Å². The zero-order chi connectivity index (χ0) is 17.1. The number of aromatic nitrogens is 2. The Morgan fingerprint density at radius 3 is 2.76 bits per heavy atom. The minimum atomic E-state index is -0.230. The van der Waals surface area contributed by atoms with Gasteiger partial charge in [0.2, 0.25) is 0 Å². The zero-order valence-electron chi connectivity index (χ0n) is 13.1. The number of hydrogen-bond donors (Lipinski definition) is 2. The van der Waals surface area contributed by atoms with Crippen molar-refractivity contribution in [1.29, 1.82) is 0 Å². The molecule has 25 heavy (non-hydrogen) atoms. The number of hydrogen-bond acceptors (Lipinski definition) is 5. The van der Waals surface area contributed by atoms with Crippen LogP contribution in [0.5, 0.6) is 0 Å². The molecule has 4 aromatic rings. The van der Waals surface area contributed by atoms with Gasteiger partial charge in [0.15, 0.2) is 5.13 Å². The molecule has 0 bridgehead atoms. The first-order valence-electron chi connectivity index (χ1n) is 7.71. The monoisotopic (exact) mass is 346 g/mol. The van der Waals surface area contributed by atoms with Gasteiger partial charge in [-0.1, -0.05) is 36.4 Å². The zero-order valence-corrected chi connectivity index (χ0v) is 14.0. The van der Waals surface area contributed by atoms with Gasteiger partial charge in [0.25, 0.3) is 5.91 Å². The first-order valence-corrected chi connectivity index (χ1v) is 8.59. The van der Waals surface area contributed by atoms with Crippen LogP contribution in [-0.4, -0.2) is 15.9 Å². The summed E-state index contributed by atoms with van der Waals surface area (Å²) in [6, 6.07) is 17.5. The van der Waals surface area contributed by atoms with Crippen LogP contribution in [0.25, 0.3) is 10.8 Å². The number of fused-ring (bicyclic) bond motifs is 1. The van der Waals surface area contributed by atoms with Gasteiger partial charge in [-0.25, -0.2) is 4.98 Å². The molecule has 122 valence electrons. The van der Waals surface area contributed by atoms with Gasteiger partial charge in [-0.2, -0.15) is 0 Å². The smallest absolute Gasteiger partial charge is 0.275 e. The van der Waals surface area contributed by atoms with Crippen LogP contribution in [0.2, 0.25) is 0 Å². The van der Waals surface area contributed by atoms with E-state index in [0.29, 0.717) is 10.8 Å². The maximum atomic E-state index is 12.5. The molecule has 0 fully saturated rings. The average Bonchev–Trinajstić information content (AvgIpc) is 3.11. The number of rotatable bonds is 4. The minimum absolute atomic E-state index is 0.230. The van der Waals surface area contributed by atoms with Crippen molar-refractivity contribution in [3.05, 3.63) is 78.1 Å². The largest absolute Gasteiger partial charge is 0.330 e. The number of anilines is 3. The maximum Gasteiger partial charge on any atom is 0.275 e. The van der Waals surface area contributed by atoms with Crippen molar-refractivity contribution in [1.82, 2.24) is 9.97 Å². The third-order valence-electron chi connectivity index (χ3n) is 3.69. The Bertz CT molecular complexity index is 1020. The Morgan fingerprint density at radius 2 is 1.88 bits per heavy atom. The molecule has 5 nitrogen and oxygen atoms in total. The van der Waals surface area contributed by atoms with Gasteiger partial charge >= 0.3 is 0 Å². The molecular formula is C19H14N4OS. The SMILES string of the molecule is O=C(Nc1cccc2ccccc12)c1csc(Nc2cccnc2)n1. The summed E-state index contributed by atoms with van der Waals surface area (Å²) in [5, 5.41) is 10.5. The molecule has 1 amide bonds. The van der Waals surface area contributed by atoms with Crippen molar-refractivity contribution in [3.8, 4) is 0 Å². The normalized spacial score (nSPS) is 10.6. The number of benzene rings is 2. The predicted octanol–water partition coefficient (Wildman–Crippen LogP) is 4.69. The van der Waals surface area contributed by atoms with E-state index in [2.05, 4.69) is 20.6 Å². The second kappa shape index (κ2) is 6.70. The fourth-order valence-electron chi connectivity index (χ4n) is 2.52. The van der Waals surface area contributed by atoms with E-state index in [9.17, 15) is 4.79 Å². The predicted molar refractivity (Wildman–Crippen MR) is 102 cm³/mol. The van der Waals surface area contributed by atoms with Gasteiger partial charge in [0.05, 0.1) is 11.9 Å². The highest BCUT2D eigenvalue weighted by Gasteiger charge is 2.12. The summed E-state index contributed by atoms with van der Waals surface area (Å²) >= 11 is 1.38. The lowest BCUT2D eigenvalue weighted by Crippen LogP contribution is -2.12. The summed E-state index contributed by atoms with van der Waals surface area (Å²) in [6.45, 7) is 0. The van der Waals surface area contributed by atoms with E-state index in [1.165, 1.54) is 11.3 Å². The quantitative estimate of drug-likeness (QED) is 0.563. The van der Waals surface area contributed by atoms with E-state index >= 15 is 0 Å². The maximum absolute atomic E-state index is 12.5. The van der Waals surface area contributed by atoms with Crippen molar-refractivity contribution >= 4 is 44.5 Å². The summed E-state index contributed by atoms with van der Waals surface area (Å²) in [5.74, 6) is -0.230. The molecule has 0 saturated carbocycles. The summed E-state index contributed by atoms with van der Waals surface area (Å²) < 4.78 is 0. The molecule has 4 rings (SSSR count). The van der Waals surface area contributed by atoms with Crippen LogP contribution in [0.3, 0.4) is 0 Å². The molecule has 0 aliphatic carbocycles. The molecule has 0 saturated heterocycles. The fourth-order valence-corrected chi connectivity index (χ4v) is 3.23. The summed E-state index contributed by atoms with van der Waals surface area (Å²) in [7, 11) is 0. The molecule has 0 unspecified atom stereocenters. The van der Waals surface area contributed by atoms with Crippen LogP contribution >= 0.6 is 11.3 Å². The van der Waals surface area contributed by atoms with E-state index in [-0.39, 0.29) is 5.91 Å². The number of nitrogens with zero attached hydrogens (tertiary/aromatic N) is 2. The first kappa shape index (κ1) is 15.3. The van der Waals surface area contributed by atoms with Gasteiger partial charge in [0.1, 0.15) is 5.69 Å². The number of nitrogens with one attached hydrogen (secondary N) is 2. The number of amides is 1. The standard InChI is InChI=1S/C19H14N4OS/c24-18(22-16-9-3-6-13-5-1-2-8-15(13)16)17-12-25-19(23-17)21-14-7-4-10-20-11-14/h1-12H,(H,21,23)(H,22,24).